The predicted octanol–water partition coefficient (Wildman–Crippen LogP) is 7.83. The van der Waals surface area contributed by atoms with Crippen molar-refractivity contribution < 1.29 is 14.3 Å². The molecule has 2 N–H and O–H groups in total. The smallest absolute Gasteiger partial charge is 0.226 e. The third-order valence-electron chi connectivity index (χ3n) is 4.93. The molecule has 0 fully saturated rings. The van der Waals surface area contributed by atoms with Gasteiger partial charge in [-0.05, 0) is 61.0 Å². The normalized spacial score (nSPS) is 10.8. The van der Waals surface area contributed by atoms with Gasteiger partial charge in [-0.3, -0.25) is 4.79 Å². The molecule has 0 saturated carbocycles. The molecule has 1 amide bonds. The summed E-state index contributed by atoms with van der Waals surface area (Å²) in [6.45, 7) is 6.84. The molecule has 0 aliphatic heterocycles. The van der Waals surface area contributed by atoms with Gasteiger partial charge in [0.1, 0.15) is 6.61 Å². The molecule has 3 aromatic carbocycles. The Morgan fingerprint density at radius 3 is 2.26 bits per heavy atom. The Morgan fingerprint density at radius 2 is 1.62 bits per heavy atom. The first kappa shape index (κ1) is 26.0. The zero-order valence-corrected chi connectivity index (χ0v) is 21.5. The van der Waals surface area contributed by atoms with E-state index < -0.39 is 0 Å². The molecule has 34 heavy (non-hydrogen) atoms. The number of benzene rings is 3. The van der Waals surface area contributed by atoms with Crippen LogP contribution in [-0.4, -0.2) is 12.5 Å². The SMILES string of the molecule is CCOc1cc(CNc2ccc(NC(=O)C(C)C)cc2)cc(Cl)c1OCc1ccc(Cl)cc1Cl. The number of nitrogens with one attached hydrogen (secondary N) is 2. The number of rotatable bonds is 10. The van der Waals surface area contributed by atoms with Gasteiger partial charge in [0.05, 0.1) is 11.6 Å². The summed E-state index contributed by atoms with van der Waals surface area (Å²) in [6, 6.07) is 16.5. The maximum atomic E-state index is 11.8. The van der Waals surface area contributed by atoms with E-state index in [1.165, 1.54) is 0 Å². The predicted molar refractivity (Wildman–Crippen MR) is 141 cm³/mol. The van der Waals surface area contributed by atoms with E-state index in [1.807, 2.05) is 63.2 Å². The first-order valence-electron chi connectivity index (χ1n) is 10.9. The highest BCUT2D eigenvalue weighted by atomic mass is 35.5. The summed E-state index contributed by atoms with van der Waals surface area (Å²) in [5, 5.41) is 7.76. The third-order valence-corrected chi connectivity index (χ3v) is 5.80. The second-order valence-corrected chi connectivity index (χ2v) is 9.19. The zero-order valence-electron chi connectivity index (χ0n) is 19.3. The van der Waals surface area contributed by atoms with E-state index >= 15 is 0 Å². The molecule has 0 bridgehead atoms. The van der Waals surface area contributed by atoms with Crippen molar-refractivity contribution in [1.29, 1.82) is 0 Å². The van der Waals surface area contributed by atoms with Crippen molar-refractivity contribution in [3.63, 3.8) is 0 Å². The Kier molecular flexibility index (Phi) is 9.34. The van der Waals surface area contributed by atoms with Crippen molar-refractivity contribution in [3.05, 3.63) is 80.8 Å². The number of amides is 1. The molecule has 180 valence electrons. The van der Waals surface area contributed by atoms with Crippen LogP contribution in [0.5, 0.6) is 11.5 Å². The first-order chi connectivity index (χ1) is 16.3. The number of ether oxygens (including phenoxy) is 2. The summed E-state index contributed by atoms with van der Waals surface area (Å²) < 4.78 is 11.8. The van der Waals surface area contributed by atoms with Crippen molar-refractivity contribution in [2.75, 3.05) is 17.2 Å². The molecule has 0 atom stereocenters. The highest BCUT2D eigenvalue weighted by molar-refractivity contribution is 6.35. The molecule has 0 saturated heterocycles. The molecule has 0 aromatic heterocycles. The van der Waals surface area contributed by atoms with Gasteiger partial charge in [0.25, 0.3) is 0 Å². The van der Waals surface area contributed by atoms with Gasteiger partial charge < -0.3 is 20.1 Å². The minimum atomic E-state index is -0.0720. The number of halogens is 3. The molecule has 0 unspecified atom stereocenters. The molecule has 5 nitrogen and oxygen atoms in total. The van der Waals surface area contributed by atoms with Crippen molar-refractivity contribution in [1.82, 2.24) is 0 Å². The number of carbonyl (C=O) groups is 1. The Bertz CT molecular complexity index is 1130. The van der Waals surface area contributed by atoms with Crippen LogP contribution in [0.4, 0.5) is 11.4 Å². The second-order valence-electron chi connectivity index (χ2n) is 7.94. The summed E-state index contributed by atoms with van der Waals surface area (Å²) in [6.07, 6.45) is 0. The average Bonchev–Trinajstić information content (AvgIpc) is 2.79. The van der Waals surface area contributed by atoms with Crippen LogP contribution in [0, 0.1) is 5.92 Å². The lowest BCUT2D eigenvalue weighted by Crippen LogP contribution is -2.17. The van der Waals surface area contributed by atoms with E-state index in [-0.39, 0.29) is 18.4 Å². The van der Waals surface area contributed by atoms with Crippen LogP contribution < -0.4 is 20.1 Å². The van der Waals surface area contributed by atoms with E-state index in [1.54, 1.807) is 12.1 Å². The van der Waals surface area contributed by atoms with Crippen LogP contribution in [0.1, 0.15) is 31.9 Å². The molecule has 0 heterocycles. The molecule has 0 aliphatic rings. The highest BCUT2D eigenvalue weighted by Gasteiger charge is 2.14. The quantitative estimate of drug-likeness (QED) is 0.285. The summed E-state index contributed by atoms with van der Waals surface area (Å²) >= 11 is 18.8. The molecule has 8 heteroatoms. The lowest BCUT2D eigenvalue weighted by atomic mass is 10.1. The van der Waals surface area contributed by atoms with Crippen molar-refractivity contribution in [3.8, 4) is 11.5 Å². The van der Waals surface area contributed by atoms with E-state index in [9.17, 15) is 4.79 Å². The number of hydrogen-bond donors (Lipinski definition) is 2. The third kappa shape index (κ3) is 7.20. The molecular formula is C26H27Cl3N2O3. The Hall–Kier alpha value is -2.60. The lowest BCUT2D eigenvalue weighted by Gasteiger charge is -2.16. The molecule has 0 spiro atoms. The van der Waals surface area contributed by atoms with Crippen LogP contribution in [0.2, 0.25) is 15.1 Å². The fourth-order valence-corrected chi connectivity index (χ4v) is 3.83. The van der Waals surface area contributed by atoms with Gasteiger partial charge in [-0.15, -0.1) is 0 Å². The Balaban J connectivity index is 1.68. The van der Waals surface area contributed by atoms with Crippen LogP contribution >= 0.6 is 34.8 Å². The summed E-state index contributed by atoms with van der Waals surface area (Å²) in [5.41, 5.74) is 3.40. The highest BCUT2D eigenvalue weighted by Crippen LogP contribution is 2.38. The van der Waals surface area contributed by atoms with Gasteiger partial charge in [0, 0.05) is 39.4 Å². The van der Waals surface area contributed by atoms with Gasteiger partial charge >= 0.3 is 0 Å². The fourth-order valence-electron chi connectivity index (χ4n) is 3.08. The van der Waals surface area contributed by atoms with Gasteiger partial charge in [-0.25, -0.2) is 0 Å². The summed E-state index contributed by atoms with van der Waals surface area (Å²) in [7, 11) is 0. The number of hydrogen-bond acceptors (Lipinski definition) is 4. The fraction of sp³-hybridized carbons (Fsp3) is 0.269. The zero-order chi connectivity index (χ0) is 24.7. The van der Waals surface area contributed by atoms with Crippen LogP contribution in [-0.2, 0) is 17.9 Å². The van der Waals surface area contributed by atoms with Gasteiger partial charge in [-0.2, -0.15) is 0 Å². The summed E-state index contributed by atoms with van der Waals surface area (Å²) in [5.74, 6) is 0.934. The molecule has 3 aromatic rings. The van der Waals surface area contributed by atoms with E-state index in [0.717, 1.165) is 22.5 Å². The lowest BCUT2D eigenvalue weighted by molar-refractivity contribution is -0.118. The Morgan fingerprint density at radius 1 is 0.912 bits per heavy atom. The largest absolute Gasteiger partial charge is 0.490 e. The average molecular weight is 522 g/mol. The maximum Gasteiger partial charge on any atom is 0.226 e. The van der Waals surface area contributed by atoms with Gasteiger partial charge in [0.15, 0.2) is 11.5 Å². The monoisotopic (exact) mass is 520 g/mol. The minimum Gasteiger partial charge on any atom is -0.490 e. The van der Waals surface area contributed by atoms with Crippen LogP contribution in [0.25, 0.3) is 0 Å². The molecule has 0 radical (unpaired) electrons. The first-order valence-corrected chi connectivity index (χ1v) is 12.1. The summed E-state index contributed by atoms with van der Waals surface area (Å²) in [4.78, 5) is 11.8. The standard InChI is InChI=1S/C26H27Cl3N2O3/c1-4-33-24-12-17(14-30-20-7-9-21(10-8-20)31-26(32)16(2)3)11-23(29)25(24)34-15-18-5-6-19(27)13-22(18)28/h5-13,16,30H,4,14-15H2,1-3H3,(H,31,32). The van der Waals surface area contributed by atoms with E-state index in [0.29, 0.717) is 39.7 Å². The molecule has 0 aliphatic carbocycles. The Labute approximate surface area is 215 Å². The number of carbonyl (C=O) groups excluding carboxylic acids is 1. The van der Waals surface area contributed by atoms with Crippen molar-refractivity contribution in [2.24, 2.45) is 5.92 Å². The van der Waals surface area contributed by atoms with Crippen LogP contribution in [0.15, 0.2) is 54.6 Å². The maximum absolute atomic E-state index is 11.8. The van der Waals surface area contributed by atoms with Crippen LogP contribution in [0.3, 0.4) is 0 Å². The second kappa shape index (κ2) is 12.2. The molecular weight excluding hydrogens is 495 g/mol. The topological polar surface area (TPSA) is 59.6 Å². The van der Waals surface area contributed by atoms with Crippen molar-refractivity contribution >= 4 is 52.1 Å². The van der Waals surface area contributed by atoms with Gasteiger partial charge in [-0.1, -0.05) is 54.7 Å². The van der Waals surface area contributed by atoms with E-state index in [4.69, 9.17) is 44.3 Å². The van der Waals surface area contributed by atoms with E-state index in [2.05, 4.69) is 10.6 Å². The van der Waals surface area contributed by atoms with Gasteiger partial charge in [0.2, 0.25) is 5.91 Å². The minimum absolute atomic E-state index is 0.0144. The van der Waals surface area contributed by atoms with Crippen molar-refractivity contribution in [2.45, 2.75) is 33.9 Å². The number of anilines is 2. The molecule has 3 rings (SSSR count).